The van der Waals surface area contributed by atoms with Crippen LogP contribution >= 0.6 is 0 Å². The zero-order chi connectivity index (χ0) is 18.1. The fourth-order valence-electron chi connectivity index (χ4n) is 2.55. The Bertz CT molecular complexity index is 1100. The molecular weight excluding hydrogens is 342 g/mol. The Morgan fingerprint density at radius 2 is 1.81 bits per heavy atom. The summed E-state index contributed by atoms with van der Waals surface area (Å²) in [7, 11) is 1.57. The van der Waals surface area contributed by atoms with Crippen LogP contribution in [-0.2, 0) is 0 Å². The summed E-state index contributed by atoms with van der Waals surface area (Å²) in [6.45, 7) is 0. The molecule has 0 spiro atoms. The van der Waals surface area contributed by atoms with Crippen LogP contribution < -0.4 is 9.47 Å². The van der Waals surface area contributed by atoms with Crippen LogP contribution in [0.25, 0.3) is 22.3 Å². The summed E-state index contributed by atoms with van der Waals surface area (Å²) in [5.74, 6) is -0.961. The van der Waals surface area contributed by atoms with E-state index in [1.165, 1.54) is 12.1 Å². The molecule has 1 N–H and O–H groups in total. The minimum atomic E-state index is -0.828. The number of hydrogen-bond acceptors (Lipinski definition) is 5. The first kappa shape index (κ1) is 15.9. The molecule has 0 bridgehead atoms. The lowest BCUT2D eigenvalue weighted by Crippen LogP contribution is -1.94. The highest BCUT2D eigenvalue weighted by Gasteiger charge is 2.16. The number of ether oxygens (including phenoxy) is 2. The second-order valence-electron chi connectivity index (χ2n) is 5.39. The average molecular weight is 354 g/mol. The number of halogens is 2. The molecule has 0 fully saturated rings. The SMILES string of the molecule is COc1ccccc1-c1n[nH]c2cc(Oc3ccc(F)cc3F)nnc12. The normalized spacial score (nSPS) is 10.9. The molecule has 0 aliphatic heterocycles. The number of methoxy groups -OCH3 is 1. The Balaban J connectivity index is 1.71. The molecule has 130 valence electrons. The van der Waals surface area contributed by atoms with Crippen molar-refractivity contribution in [3.63, 3.8) is 0 Å². The summed E-state index contributed by atoms with van der Waals surface area (Å²) in [6.07, 6.45) is 0. The number of para-hydroxylation sites is 1. The molecule has 2 aromatic carbocycles. The van der Waals surface area contributed by atoms with Crippen molar-refractivity contribution < 1.29 is 18.3 Å². The van der Waals surface area contributed by atoms with Gasteiger partial charge in [0, 0.05) is 17.7 Å². The summed E-state index contributed by atoms with van der Waals surface area (Å²) in [6, 6.07) is 11.9. The van der Waals surface area contributed by atoms with E-state index in [1.807, 2.05) is 24.3 Å². The Kier molecular flexibility index (Phi) is 3.92. The lowest BCUT2D eigenvalue weighted by atomic mass is 10.1. The fraction of sp³-hybridized carbons (Fsp3) is 0.0556. The number of aromatic amines is 1. The van der Waals surface area contributed by atoms with E-state index in [0.717, 1.165) is 17.7 Å². The third kappa shape index (κ3) is 2.81. The highest BCUT2D eigenvalue weighted by atomic mass is 19.1. The predicted molar refractivity (Wildman–Crippen MR) is 90.1 cm³/mol. The minimum absolute atomic E-state index is 0.0539. The second kappa shape index (κ2) is 6.40. The number of H-pyrrole nitrogens is 1. The van der Waals surface area contributed by atoms with Gasteiger partial charge in [0.25, 0.3) is 0 Å². The molecule has 0 amide bonds. The summed E-state index contributed by atoms with van der Waals surface area (Å²) >= 11 is 0. The molecule has 0 aliphatic carbocycles. The molecular formula is C18H12F2N4O2. The maximum Gasteiger partial charge on any atom is 0.241 e. The van der Waals surface area contributed by atoms with Crippen molar-refractivity contribution in [1.82, 2.24) is 20.4 Å². The van der Waals surface area contributed by atoms with Gasteiger partial charge in [-0.15, -0.1) is 10.2 Å². The zero-order valence-electron chi connectivity index (χ0n) is 13.5. The maximum absolute atomic E-state index is 13.7. The number of nitrogens with one attached hydrogen (secondary N) is 1. The lowest BCUT2D eigenvalue weighted by Gasteiger charge is -2.06. The van der Waals surface area contributed by atoms with Gasteiger partial charge in [0.05, 0.1) is 12.6 Å². The molecule has 4 aromatic rings. The van der Waals surface area contributed by atoms with Crippen LogP contribution in [0.2, 0.25) is 0 Å². The highest BCUT2D eigenvalue weighted by molar-refractivity contribution is 5.91. The van der Waals surface area contributed by atoms with E-state index in [4.69, 9.17) is 9.47 Å². The van der Waals surface area contributed by atoms with Crippen LogP contribution in [0.3, 0.4) is 0 Å². The Morgan fingerprint density at radius 3 is 2.62 bits per heavy atom. The van der Waals surface area contributed by atoms with E-state index in [2.05, 4.69) is 20.4 Å². The third-order valence-corrected chi connectivity index (χ3v) is 3.75. The van der Waals surface area contributed by atoms with Gasteiger partial charge in [0.15, 0.2) is 11.6 Å². The lowest BCUT2D eigenvalue weighted by molar-refractivity contribution is 0.416. The van der Waals surface area contributed by atoms with Crippen molar-refractivity contribution in [2.24, 2.45) is 0 Å². The van der Waals surface area contributed by atoms with Crippen LogP contribution in [0, 0.1) is 11.6 Å². The molecule has 4 rings (SSSR count). The molecule has 0 saturated carbocycles. The van der Waals surface area contributed by atoms with Gasteiger partial charge in [-0.25, -0.2) is 8.78 Å². The van der Waals surface area contributed by atoms with Crippen molar-refractivity contribution in [3.05, 3.63) is 60.2 Å². The van der Waals surface area contributed by atoms with E-state index >= 15 is 0 Å². The number of benzene rings is 2. The number of rotatable bonds is 4. The van der Waals surface area contributed by atoms with Crippen LogP contribution in [0.1, 0.15) is 0 Å². The monoisotopic (exact) mass is 354 g/mol. The first-order valence-corrected chi connectivity index (χ1v) is 7.64. The molecule has 6 nitrogen and oxygen atoms in total. The molecule has 26 heavy (non-hydrogen) atoms. The molecule has 0 atom stereocenters. The number of aromatic nitrogens is 4. The van der Waals surface area contributed by atoms with E-state index in [0.29, 0.717) is 22.5 Å². The highest BCUT2D eigenvalue weighted by Crippen LogP contribution is 2.33. The first-order valence-electron chi connectivity index (χ1n) is 7.64. The van der Waals surface area contributed by atoms with E-state index < -0.39 is 11.6 Å². The Hall–Kier alpha value is -3.55. The molecule has 0 radical (unpaired) electrons. The molecule has 2 heterocycles. The molecule has 0 aliphatic rings. The smallest absolute Gasteiger partial charge is 0.241 e. The Morgan fingerprint density at radius 1 is 0.962 bits per heavy atom. The standard InChI is InChI=1S/C18H12F2N4O2/c1-25-14-5-3-2-4-11(14)17-18-13(21-23-17)9-16(22-24-18)26-15-7-6-10(19)8-12(15)20/h2-9H,1H3,(H,21,23). The van der Waals surface area contributed by atoms with Gasteiger partial charge in [-0.1, -0.05) is 12.1 Å². The van der Waals surface area contributed by atoms with Crippen molar-refractivity contribution in [2.45, 2.75) is 0 Å². The summed E-state index contributed by atoms with van der Waals surface area (Å²) in [5.41, 5.74) is 2.40. The van der Waals surface area contributed by atoms with Crippen LogP contribution in [-0.4, -0.2) is 27.5 Å². The van der Waals surface area contributed by atoms with E-state index in [1.54, 1.807) is 7.11 Å². The van der Waals surface area contributed by atoms with Gasteiger partial charge in [0.2, 0.25) is 5.88 Å². The van der Waals surface area contributed by atoms with E-state index in [-0.39, 0.29) is 11.6 Å². The van der Waals surface area contributed by atoms with Crippen LogP contribution in [0.5, 0.6) is 17.4 Å². The minimum Gasteiger partial charge on any atom is -0.496 e. The van der Waals surface area contributed by atoms with Gasteiger partial charge in [-0.3, -0.25) is 5.10 Å². The average Bonchev–Trinajstić information content (AvgIpc) is 3.07. The third-order valence-electron chi connectivity index (χ3n) is 3.75. The quantitative estimate of drug-likeness (QED) is 0.597. The predicted octanol–water partition coefficient (Wildman–Crippen LogP) is 4.10. The fourth-order valence-corrected chi connectivity index (χ4v) is 2.55. The summed E-state index contributed by atoms with van der Waals surface area (Å²) in [4.78, 5) is 0. The first-order chi connectivity index (χ1) is 12.7. The number of hydrogen-bond donors (Lipinski definition) is 1. The molecule has 8 heteroatoms. The molecule has 2 aromatic heterocycles. The maximum atomic E-state index is 13.7. The van der Waals surface area contributed by atoms with Crippen molar-refractivity contribution >= 4 is 11.0 Å². The van der Waals surface area contributed by atoms with Gasteiger partial charge in [-0.2, -0.15) is 5.10 Å². The summed E-state index contributed by atoms with van der Waals surface area (Å²) in [5, 5.41) is 15.2. The topological polar surface area (TPSA) is 72.9 Å². The van der Waals surface area contributed by atoms with Crippen molar-refractivity contribution in [2.75, 3.05) is 7.11 Å². The van der Waals surface area contributed by atoms with Gasteiger partial charge >= 0.3 is 0 Å². The van der Waals surface area contributed by atoms with Gasteiger partial charge < -0.3 is 9.47 Å². The largest absolute Gasteiger partial charge is 0.496 e. The summed E-state index contributed by atoms with van der Waals surface area (Å²) < 4.78 is 37.4. The zero-order valence-corrected chi connectivity index (χ0v) is 13.5. The van der Waals surface area contributed by atoms with E-state index in [9.17, 15) is 8.78 Å². The van der Waals surface area contributed by atoms with Crippen molar-refractivity contribution in [3.8, 4) is 28.6 Å². The number of nitrogens with zero attached hydrogens (tertiary/aromatic N) is 3. The molecule has 0 unspecified atom stereocenters. The van der Waals surface area contributed by atoms with Crippen LogP contribution in [0.15, 0.2) is 48.5 Å². The van der Waals surface area contributed by atoms with Crippen LogP contribution in [0.4, 0.5) is 8.78 Å². The Labute approximate surface area is 146 Å². The molecule has 0 saturated heterocycles. The van der Waals surface area contributed by atoms with Crippen molar-refractivity contribution in [1.29, 1.82) is 0 Å². The second-order valence-corrected chi connectivity index (χ2v) is 5.39. The van der Waals surface area contributed by atoms with Gasteiger partial charge in [-0.05, 0) is 24.3 Å². The number of fused-ring (bicyclic) bond motifs is 1. The van der Waals surface area contributed by atoms with Gasteiger partial charge in [0.1, 0.15) is 22.8 Å².